The number of hydrogen-bond donors (Lipinski definition) is 3. The van der Waals surface area contributed by atoms with Crippen LogP contribution in [0.25, 0.3) is 11.4 Å². The van der Waals surface area contributed by atoms with Gasteiger partial charge in [0.2, 0.25) is 0 Å². The maximum Gasteiger partial charge on any atom is 0.261 e. The molecule has 0 atom stereocenters. The van der Waals surface area contributed by atoms with Crippen LogP contribution in [0.5, 0.6) is 11.5 Å². The van der Waals surface area contributed by atoms with Gasteiger partial charge >= 0.3 is 0 Å². The molecule has 0 radical (unpaired) electrons. The molecule has 1 heterocycles. The smallest absolute Gasteiger partial charge is 0.261 e. The zero-order chi connectivity index (χ0) is 24.8. The second-order valence-electron chi connectivity index (χ2n) is 7.39. The van der Waals surface area contributed by atoms with Crippen molar-refractivity contribution < 1.29 is 23.1 Å². The topological polar surface area (TPSA) is 131 Å². The Morgan fingerprint density at radius 2 is 1.66 bits per heavy atom. The summed E-state index contributed by atoms with van der Waals surface area (Å²) in [6.07, 6.45) is 2.86. The molecule has 0 saturated carbocycles. The summed E-state index contributed by atoms with van der Waals surface area (Å²) in [5, 5.41) is 12.3. The molecule has 1 aromatic heterocycles. The number of ether oxygens (including phenoxy) is 1. The fourth-order valence-electron chi connectivity index (χ4n) is 3.19. The van der Waals surface area contributed by atoms with E-state index in [0.717, 1.165) is 0 Å². The number of sulfonamides is 1. The van der Waals surface area contributed by atoms with Gasteiger partial charge in [0.15, 0.2) is 5.82 Å². The van der Waals surface area contributed by atoms with E-state index in [9.17, 15) is 18.3 Å². The highest BCUT2D eigenvalue weighted by molar-refractivity contribution is 7.92. The molecule has 4 rings (SSSR count). The number of anilines is 2. The van der Waals surface area contributed by atoms with Gasteiger partial charge in [-0.05, 0) is 61.5 Å². The monoisotopic (exact) mass is 490 g/mol. The van der Waals surface area contributed by atoms with E-state index in [1.165, 1.54) is 42.7 Å². The predicted molar refractivity (Wildman–Crippen MR) is 132 cm³/mol. The maximum atomic E-state index is 12.8. The summed E-state index contributed by atoms with van der Waals surface area (Å²) in [5.41, 5.74) is 1.48. The number of nitrogens with one attached hydrogen (secondary N) is 2. The van der Waals surface area contributed by atoms with Crippen molar-refractivity contribution in [2.75, 3.05) is 16.6 Å². The molecule has 0 bridgehead atoms. The fourth-order valence-corrected chi connectivity index (χ4v) is 4.30. The van der Waals surface area contributed by atoms with E-state index >= 15 is 0 Å². The number of carbonyl (C=O) groups is 1. The molecule has 0 saturated heterocycles. The van der Waals surface area contributed by atoms with Gasteiger partial charge in [0.05, 0.1) is 29.6 Å². The van der Waals surface area contributed by atoms with Crippen LogP contribution in [-0.2, 0) is 10.0 Å². The molecular formula is C25H22N4O5S. The Hall–Kier alpha value is -4.44. The molecule has 10 heteroatoms. The predicted octanol–water partition coefficient (Wildman–Crippen LogP) is 4.30. The van der Waals surface area contributed by atoms with Crippen LogP contribution in [0, 0.1) is 0 Å². The molecule has 3 aromatic carbocycles. The summed E-state index contributed by atoms with van der Waals surface area (Å²) in [5.74, 6) is 0.590. The molecule has 4 aromatic rings. The van der Waals surface area contributed by atoms with Gasteiger partial charge in [-0.3, -0.25) is 9.52 Å². The second-order valence-corrected chi connectivity index (χ2v) is 9.07. The highest BCUT2D eigenvalue weighted by atomic mass is 32.2. The van der Waals surface area contributed by atoms with E-state index in [1.807, 2.05) is 6.92 Å². The lowest BCUT2D eigenvalue weighted by Gasteiger charge is -2.11. The number of aromatic nitrogens is 2. The van der Waals surface area contributed by atoms with Crippen molar-refractivity contribution in [2.24, 2.45) is 0 Å². The molecule has 0 aliphatic heterocycles. The SMILES string of the molecule is CCOc1ccc(NS(=O)(=O)c2cccc(C(=O)Nc3cnc(-c4cccc(O)c4)nc3)c2)cc1. The first-order valence-electron chi connectivity index (χ1n) is 10.6. The second kappa shape index (κ2) is 10.2. The average Bonchev–Trinajstić information content (AvgIpc) is 2.86. The zero-order valence-corrected chi connectivity index (χ0v) is 19.5. The minimum Gasteiger partial charge on any atom is -0.508 e. The molecule has 0 unspecified atom stereocenters. The first-order chi connectivity index (χ1) is 16.8. The van der Waals surface area contributed by atoms with Crippen LogP contribution in [0.3, 0.4) is 0 Å². The Bertz CT molecular complexity index is 1440. The Labute approximate surface area is 202 Å². The van der Waals surface area contributed by atoms with Gasteiger partial charge in [0.1, 0.15) is 11.5 Å². The van der Waals surface area contributed by atoms with Crippen LogP contribution < -0.4 is 14.8 Å². The molecular weight excluding hydrogens is 468 g/mol. The van der Waals surface area contributed by atoms with Crippen molar-refractivity contribution in [2.45, 2.75) is 11.8 Å². The number of rotatable bonds is 8. The molecule has 3 N–H and O–H groups in total. The van der Waals surface area contributed by atoms with Crippen molar-refractivity contribution in [1.29, 1.82) is 0 Å². The molecule has 178 valence electrons. The van der Waals surface area contributed by atoms with Gasteiger partial charge in [-0.2, -0.15) is 0 Å². The third-order valence-corrected chi connectivity index (χ3v) is 6.22. The van der Waals surface area contributed by atoms with Crippen LogP contribution in [0.15, 0.2) is 90.1 Å². The average molecular weight is 491 g/mol. The number of phenols is 1. The first kappa shape index (κ1) is 23.7. The van der Waals surface area contributed by atoms with Crippen molar-refractivity contribution in [3.05, 3.63) is 90.8 Å². The first-order valence-corrected chi connectivity index (χ1v) is 12.1. The molecule has 0 fully saturated rings. The molecule has 35 heavy (non-hydrogen) atoms. The zero-order valence-electron chi connectivity index (χ0n) is 18.7. The highest BCUT2D eigenvalue weighted by Gasteiger charge is 2.17. The molecule has 9 nitrogen and oxygen atoms in total. The minimum absolute atomic E-state index is 0.0606. The van der Waals surface area contributed by atoms with Gasteiger partial charge in [-0.1, -0.05) is 18.2 Å². The normalized spacial score (nSPS) is 11.0. The Balaban J connectivity index is 1.46. The Morgan fingerprint density at radius 1 is 0.943 bits per heavy atom. The third-order valence-electron chi connectivity index (χ3n) is 4.84. The van der Waals surface area contributed by atoms with E-state index in [4.69, 9.17) is 4.74 Å². The van der Waals surface area contributed by atoms with Crippen LogP contribution in [0.2, 0.25) is 0 Å². The largest absolute Gasteiger partial charge is 0.508 e. The van der Waals surface area contributed by atoms with E-state index in [0.29, 0.717) is 35.1 Å². The Kier molecular flexibility index (Phi) is 6.93. The molecule has 0 aliphatic carbocycles. The standard InChI is InChI=1S/C25H22N4O5S/c1-2-34-22-11-9-19(10-12-22)29-35(32,33)23-8-4-6-18(14-23)25(31)28-20-15-26-24(27-16-20)17-5-3-7-21(30)13-17/h3-16,29-30H,2H2,1H3,(H,28,31). The number of amides is 1. The third kappa shape index (κ3) is 5.92. The summed E-state index contributed by atoms with van der Waals surface area (Å²) >= 11 is 0. The lowest BCUT2D eigenvalue weighted by Crippen LogP contribution is -2.16. The highest BCUT2D eigenvalue weighted by Crippen LogP contribution is 2.22. The number of benzene rings is 3. The quantitative estimate of drug-likeness (QED) is 0.336. The van der Waals surface area contributed by atoms with Crippen molar-refractivity contribution >= 4 is 27.3 Å². The van der Waals surface area contributed by atoms with E-state index in [2.05, 4.69) is 20.0 Å². The summed E-state index contributed by atoms with van der Waals surface area (Å²) in [7, 11) is -3.92. The van der Waals surface area contributed by atoms with Crippen molar-refractivity contribution in [1.82, 2.24) is 9.97 Å². The van der Waals surface area contributed by atoms with Gasteiger partial charge < -0.3 is 15.2 Å². The molecule has 0 spiro atoms. The number of hydrogen-bond acceptors (Lipinski definition) is 7. The van der Waals surface area contributed by atoms with E-state index in [1.54, 1.807) is 42.5 Å². The van der Waals surface area contributed by atoms with Crippen LogP contribution in [-0.4, -0.2) is 36.0 Å². The number of aromatic hydroxyl groups is 1. The molecule has 1 amide bonds. The van der Waals surface area contributed by atoms with Gasteiger partial charge in [-0.25, -0.2) is 18.4 Å². The summed E-state index contributed by atoms with van der Waals surface area (Å²) in [4.78, 5) is 21.1. The maximum absolute atomic E-state index is 12.8. The van der Waals surface area contributed by atoms with E-state index < -0.39 is 15.9 Å². The van der Waals surface area contributed by atoms with E-state index in [-0.39, 0.29) is 16.2 Å². The van der Waals surface area contributed by atoms with Crippen molar-refractivity contribution in [3.8, 4) is 22.9 Å². The van der Waals surface area contributed by atoms with Gasteiger partial charge in [-0.15, -0.1) is 0 Å². The fraction of sp³-hybridized carbons (Fsp3) is 0.0800. The van der Waals surface area contributed by atoms with Crippen molar-refractivity contribution in [3.63, 3.8) is 0 Å². The van der Waals surface area contributed by atoms with Gasteiger partial charge in [0.25, 0.3) is 15.9 Å². The van der Waals surface area contributed by atoms with Gasteiger partial charge in [0, 0.05) is 16.8 Å². The summed E-state index contributed by atoms with van der Waals surface area (Å²) in [6, 6.07) is 18.7. The number of nitrogens with zero attached hydrogens (tertiary/aromatic N) is 2. The van der Waals surface area contributed by atoms with Crippen LogP contribution >= 0.6 is 0 Å². The summed E-state index contributed by atoms with van der Waals surface area (Å²) < 4.78 is 33.5. The minimum atomic E-state index is -3.92. The number of phenolic OH excluding ortho intramolecular Hbond substituents is 1. The lowest BCUT2D eigenvalue weighted by atomic mass is 10.2. The molecule has 0 aliphatic rings. The summed E-state index contributed by atoms with van der Waals surface area (Å²) in [6.45, 7) is 2.37. The van der Waals surface area contributed by atoms with Crippen LogP contribution in [0.1, 0.15) is 17.3 Å². The Morgan fingerprint density at radius 3 is 2.34 bits per heavy atom. The van der Waals surface area contributed by atoms with Crippen LogP contribution in [0.4, 0.5) is 11.4 Å². The number of carbonyl (C=O) groups excluding carboxylic acids is 1. The lowest BCUT2D eigenvalue weighted by molar-refractivity contribution is 0.102.